The lowest BCUT2D eigenvalue weighted by molar-refractivity contribution is -0.176. The molecule has 1 rings (SSSR count). The minimum Gasteiger partial charge on any atom is -0.367 e. The Bertz CT molecular complexity index is 748. The number of guanidine groups is 1. The van der Waals surface area contributed by atoms with Gasteiger partial charge in [0, 0.05) is 25.7 Å². The second-order valence-electron chi connectivity index (χ2n) is 6.96. The summed E-state index contributed by atoms with van der Waals surface area (Å²) in [5.41, 5.74) is 0.837. The van der Waals surface area contributed by atoms with Crippen LogP contribution in [0.15, 0.2) is 29.3 Å². The number of halogens is 3. The normalized spacial score (nSPS) is 13.5. The van der Waals surface area contributed by atoms with Crippen molar-refractivity contribution < 1.29 is 26.3 Å². The number of aliphatic imine (C=N–C) groups is 1. The van der Waals surface area contributed by atoms with Gasteiger partial charge in [0.15, 0.2) is 5.96 Å². The number of rotatable bonds is 9. The van der Waals surface area contributed by atoms with E-state index in [2.05, 4.69) is 25.1 Å². The third-order valence-electron chi connectivity index (χ3n) is 3.40. The molecule has 0 bridgehead atoms. The van der Waals surface area contributed by atoms with Crippen molar-refractivity contribution in [3.8, 4) is 0 Å². The zero-order chi connectivity index (χ0) is 21.4. The molecule has 1 aromatic rings. The molecule has 0 spiro atoms. The van der Waals surface area contributed by atoms with E-state index in [1.165, 1.54) is 0 Å². The topological polar surface area (TPSA) is 91.8 Å². The first-order valence-corrected chi connectivity index (χ1v) is 10.3. The van der Waals surface area contributed by atoms with E-state index in [9.17, 15) is 21.6 Å². The van der Waals surface area contributed by atoms with Gasteiger partial charge in [-0.2, -0.15) is 13.2 Å². The number of nitrogens with zero attached hydrogens (tertiary/aromatic N) is 1. The van der Waals surface area contributed by atoms with Crippen LogP contribution in [0, 0.1) is 0 Å². The third-order valence-corrected chi connectivity index (χ3v) is 4.32. The zero-order valence-electron chi connectivity index (χ0n) is 16.4. The summed E-state index contributed by atoms with van der Waals surface area (Å²) in [6.07, 6.45) is -3.24. The van der Waals surface area contributed by atoms with Gasteiger partial charge in [-0.15, -0.1) is 0 Å². The van der Waals surface area contributed by atoms with Gasteiger partial charge in [-0.1, -0.05) is 24.3 Å². The highest BCUT2D eigenvalue weighted by Crippen LogP contribution is 2.15. The highest BCUT2D eigenvalue weighted by molar-refractivity contribution is 7.88. The maximum atomic E-state index is 12.1. The highest BCUT2D eigenvalue weighted by Gasteiger charge is 2.27. The molecule has 0 fully saturated rings. The molecule has 0 saturated heterocycles. The molecule has 0 radical (unpaired) electrons. The molecule has 0 saturated carbocycles. The number of hydrogen-bond acceptors (Lipinski definition) is 4. The number of alkyl halides is 3. The summed E-state index contributed by atoms with van der Waals surface area (Å²) < 4.78 is 66.1. The quantitative estimate of drug-likeness (QED) is 0.415. The fourth-order valence-electron chi connectivity index (χ4n) is 2.29. The summed E-state index contributed by atoms with van der Waals surface area (Å²) in [7, 11) is -1.74. The van der Waals surface area contributed by atoms with E-state index in [1.807, 2.05) is 0 Å². The van der Waals surface area contributed by atoms with E-state index in [1.54, 1.807) is 45.2 Å². The van der Waals surface area contributed by atoms with Crippen molar-refractivity contribution >= 4 is 16.0 Å². The predicted octanol–water partition coefficient (Wildman–Crippen LogP) is 1.76. The first kappa shape index (κ1) is 24.2. The third kappa shape index (κ3) is 11.1. The van der Waals surface area contributed by atoms with E-state index >= 15 is 0 Å². The van der Waals surface area contributed by atoms with Gasteiger partial charge in [0.05, 0.1) is 12.9 Å². The van der Waals surface area contributed by atoms with Crippen molar-refractivity contribution in [3.05, 3.63) is 35.4 Å². The Morgan fingerprint density at radius 2 is 1.68 bits per heavy atom. The SMILES string of the molecule is CN=C(NCc1ccc(COCC(F)(F)F)cc1)NCC(C)(C)NS(C)(=O)=O. The number of benzene rings is 1. The summed E-state index contributed by atoms with van der Waals surface area (Å²) in [6, 6.07) is 6.95. The molecule has 28 heavy (non-hydrogen) atoms. The van der Waals surface area contributed by atoms with Crippen LogP contribution in [0.3, 0.4) is 0 Å². The van der Waals surface area contributed by atoms with Crippen LogP contribution in [-0.2, 0) is 27.9 Å². The first-order chi connectivity index (χ1) is 12.8. The molecule has 7 nitrogen and oxygen atoms in total. The Morgan fingerprint density at radius 1 is 1.11 bits per heavy atom. The van der Waals surface area contributed by atoms with Crippen molar-refractivity contribution in [2.45, 2.75) is 38.7 Å². The maximum Gasteiger partial charge on any atom is 0.411 e. The van der Waals surface area contributed by atoms with Crippen LogP contribution in [0.1, 0.15) is 25.0 Å². The largest absolute Gasteiger partial charge is 0.411 e. The molecule has 0 aromatic heterocycles. The fraction of sp³-hybridized carbons (Fsp3) is 0.588. The van der Waals surface area contributed by atoms with Crippen LogP contribution >= 0.6 is 0 Å². The molecule has 3 N–H and O–H groups in total. The van der Waals surface area contributed by atoms with E-state index in [4.69, 9.17) is 0 Å². The Kier molecular flexibility index (Phi) is 8.71. The Morgan fingerprint density at radius 3 is 2.18 bits per heavy atom. The van der Waals surface area contributed by atoms with Gasteiger partial charge in [0.1, 0.15) is 6.61 Å². The van der Waals surface area contributed by atoms with Gasteiger partial charge < -0.3 is 15.4 Å². The summed E-state index contributed by atoms with van der Waals surface area (Å²) in [6.45, 7) is 2.85. The van der Waals surface area contributed by atoms with Crippen LogP contribution < -0.4 is 15.4 Å². The number of ether oxygens (including phenoxy) is 1. The summed E-state index contributed by atoms with van der Waals surface area (Å²) in [5.74, 6) is 0.487. The number of hydrogen-bond donors (Lipinski definition) is 3. The van der Waals surface area contributed by atoms with Crippen molar-refractivity contribution in [2.24, 2.45) is 4.99 Å². The molecule has 0 aliphatic rings. The molecule has 0 unspecified atom stereocenters. The Hall–Kier alpha value is -1.85. The van der Waals surface area contributed by atoms with Gasteiger partial charge in [-0.3, -0.25) is 4.99 Å². The molecule has 11 heteroatoms. The van der Waals surface area contributed by atoms with Crippen molar-refractivity contribution in [1.82, 2.24) is 15.4 Å². The van der Waals surface area contributed by atoms with Crippen LogP contribution in [0.5, 0.6) is 0 Å². The number of sulfonamides is 1. The average Bonchev–Trinajstić information content (AvgIpc) is 2.53. The van der Waals surface area contributed by atoms with Gasteiger partial charge in [0.25, 0.3) is 0 Å². The second kappa shape index (κ2) is 10.1. The fourth-order valence-corrected chi connectivity index (χ4v) is 3.36. The van der Waals surface area contributed by atoms with Crippen molar-refractivity contribution in [2.75, 3.05) is 26.5 Å². The van der Waals surface area contributed by atoms with Crippen molar-refractivity contribution in [1.29, 1.82) is 0 Å². The summed E-state index contributed by atoms with van der Waals surface area (Å²) in [5, 5.41) is 6.13. The monoisotopic (exact) mass is 424 g/mol. The lowest BCUT2D eigenvalue weighted by atomic mass is 10.1. The summed E-state index contributed by atoms with van der Waals surface area (Å²) >= 11 is 0. The lowest BCUT2D eigenvalue weighted by Gasteiger charge is -2.26. The highest BCUT2D eigenvalue weighted by atomic mass is 32.2. The standard InChI is InChI=1S/C17H27F3N4O3S/c1-16(2,24-28(4,25)26)11-23-15(21-3)22-9-13-5-7-14(8-6-13)10-27-12-17(18,19)20/h5-8,24H,9-12H2,1-4H3,(H2,21,22,23). The Labute approximate surface area is 163 Å². The van der Waals surface area contributed by atoms with Gasteiger partial charge >= 0.3 is 6.18 Å². The lowest BCUT2D eigenvalue weighted by Crippen LogP contribution is -2.52. The molecule has 0 atom stereocenters. The second-order valence-corrected chi connectivity index (χ2v) is 8.71. The molecule has 0 heterocycles. The molecule has 0 amide bonds. The van der Waals surface area contributed by atoms with Gasteiger partial charge in [-0.25, -0.2) is 13.1 Å². The van der Waals surface area contributed by atoms with E-state index in [0.29, 0.717) is 24.6 Å². The Balaban J connectivity index is 2.47. The minimum atomic E-state index is -4.34. The van der Waals surface area contributed by atoms with Crippen LogP contribution in [-0.4, -0.2) is 52.5 Å². The summed E-state index contributed by atoms with van der Waals surface area (Å²) in [4.78, 5) is 4.07. The van der Waals surface area contributed by atoms with Crippen LogP contribution in [0.4, 0.5) is 13.2 Å². The molecule has 0 aliphatic heterocycles. The average molecular weight is 424 g/mol. The number of nitrogens with one attached hydrogen (secondary N) is 3. The van der Waals surface area contributed by atoms with Crippen LogP contribution in [0.2, 0.25) is 0 Å². The molecule has 0 aliphatic carbocycles. The molecule has 160 valence electrons. The zero-order valence-corrected chi connectivity index (χ0v) is 17.2. The first-order valence-electron chi connectivity index (χ1n) is 8.45. The minimum absolute atomic E-state index is 0.112. The maximum absolute atomic E-state index is 12.1. The molecular weight excluding hydrogens is 397 g/mol. The van der Waals surface area contributed by atoms with E-state index < -0.39 is 28.3 Å². The van der Waals surface area contributed by atoms with Gasteiger partial charge in [-0.05, 0) is 25.0 Å². The molecule has 1 aromatic carbocycles. The van der Waals surface area contributed by atoms with Crippen LogP contribution in [0.25, 0.3) is 0 Å². The van der Waals surface area contributed by atoms with E-state index in [0.717, 1.165) is 11.8 Å². The van der Waals surface area contributed by atoms with Gasteiger partial charge in [0.2, 0.25) is 10.0 Å². The molecular formula is C17H27F3N4O3S. The smallest absolute Gasteiger partial charge is 0.367 e. The van der Waals surface area contributed by atoms with Crippen molar-refractivity contribution in [3.63, 3.8) is 0 Å². The van der Waals surface area contributed by atoms with E-state index in [-0.39, 0.29) is 6.61 Å². The predicted molar refractivity (Wildman–Crippen MR) is 102 cm³/mol.